The number of anilines is 1. The number of carbonyl (C=O) groups excluding carboxylic acids is 2. The monoisotopic (exact) mass is 566 g/mol. The van der Waals surface area contributed by atoms with Gasteiger partial charge in [-0.15, -0.1) is 0 Å². The number of nitrogens with zero attached hydrogens (tertiary/aromatic N) is 3. The van der Waals surface area contributed by atoms with Crippen LogP contribution in [0.4, 0.5) is 11.4 Å². The molecule has 11 heteroatoms. The van der Waals surface area contributed by atoms with E-state index < -0.39 is 33.4 Å². The second-order valence-electron chi connectivity index (χ2n) is 9.60. The van der Waals surface area contributed by atoms with Crippen molar-refractivity contribution in [2.24, 2.45) is 0 Å². The third-order valence-electron chi connectivity index (χ3n) is 6.60. The van der Waals surface area contributed by atoms with E-state index in [0.717, 1.165) is 15.4 Å². The van der Waals surface area contributed by atoms with Gasteiger partial charge in [-0.1, -0.05) is 55.0 Å². The Morgan fingerprint density at radius 1 is 0.950 bits per heavy atom. The number of amides is 2. The van der Waals surface area contributed by atoms with E-state index in [1.807, 2.05) is 45.0 Å². The fourth-order valence-corrected chi connectivity index (χ4v) is 5.36. The van der Waals surface area contributed by atoms with Crippen LogP contribution in [-0.2, 0) is 26.2 Å². The lowest BCUT2D eigenvalue weighted by molar-refractivity contribution is -0.384. The molecule has 0 aliphatic rings. The number of rotatable bonds is 12. The fraction of sp³-hybridized carbons (Fsp3) is 0.310. The van der Waals surface area contributed by atoms with Gasteiger partial charge in [-0.05, 0) is 57.0 Å². The van der Waals surface area contributed by atoms with E-state index in [1.54, 1.807) is 25.1 Å². The summed E-state index contributed by atoms with van der Waals surface area (Å²) in [5.41, 5.74) is 1.66. The highest BCUT2D eigenvalue weighted by Crippen LogP contribution is 2.26. The molecule has 2 atom stereocenters. The predicted octanol–water partition coefficient (Wildman–Crippen LogP) is 4.43. The number of nitrogens with one attached hydrogen (secondary N) is 1. The summed E-state index contributed by atoms with van der Waals surface area (Å²) in [4.78, 5) is 38.8. The van der Waals surface area contributed by atoms with Crippen molar-refractivity contribution in [3.8, 4) is 0 Å². The number of nitro groups is 1. The van der Waals surface area contributed by atoms with Crippen LogP contribution >= 0.6 is 0 Å². The Morgan fingerprint density at radius 3 is 2.10 bits per heavy atom. The van der Waals surface area contributed by atoms with Gasteiger partial charge in [0.1, 0.15) is 12.6 Å². The zero-order valence-electron chi connectivity index (χ0n) is 23.0. The topological polar surface area (TPSA) is 130 Å². The van der Waals surface area contributed by atoms with Crippen LogP contribution in [0.25, 0.3) is 0 Å². The maximum absolute atomic E-state index is 13.9. The molecule has 0 fully saturated rings. The number of sulfonamides is 1. The van der Waals surface area contributed by atoms with Gasteiger partial charge in [0.25, 0.3) is 15.7 Å². The third-order valence-corrected chi connectivity index (χ3v) is 8.39. The first-order valence-electron chi connectivity index (χ1n) is 12.9. The van der Waals surface area contributed by atoms with Gasteiger partial charge in [-0.25, -0.2) is 8.42 Å². The molecule has 2 amide bonds. The van der Waals surface area contributed by atoms with Crippen molar-refractivity contribution in [2.75, 3.05) is 10.8 Å². The Bertz CT molecular complexity index is 1430. The smallest absolute Gasteiger partial charge is 0.269 e. The summed E-state index contributed by atoms with van der Waals surface area (Å²) in [5.74, 6) is -0.965. The number of hydrogen-bond acceptors (Lipinski definition) is 6. The molecule has 40 heavy (non-hydrogen) atoms. The Hall–Kier alpha value is -4.25. The van der Waals surface area contributed by atoms with Crippen molar-refractivity contribution in [1.29, 1.82) is 0 Å². The van der Waals surface area contributed by atoms with E-state index in [4.69, 9.17) is 0 Å². The molecule has 0 saturated heterocycles. The zero-order chi connectivity index (χ0) is 29.4. The van der Waals surface area contributed by atoms with Crippen molar-refractivity contribution in [2.45, 2.75) is 57.6 Å². The molecule has 0 aliphatic heterocycles. The van der Waals surface area contributed by atoms with Gasteiger partial charge in [-0.2, -0.15) is 0 Å². The lowest BCUT2D eigenvalue weighted by atomic mass is 10.1. The fourth-order valence-electron chi connectivity index (χ4n) is 3.93. The molecule has 3 aromatic carbocycles. The lowest BCUT2D eigenvalue weighted by Gasteiger charge is -2.32. The Morgan fingerprint density at radius 2 is 1.55 bits per heavy atom. The molecule has 3 rings (SSSR count). The number of hydrogen-bond donors (Lipinski definition) is 1. The Kier molecular flexibility index (Phi) is 10.0. The third kappa shape index (κ3) is 7.44. The van der Waals surface area contributed by atoms with E-state index in [-0.39, 0.29) is 34.8 Å². The van der Waals surface area contributed by atoms with Crippen molar-refractivity contribution < 1.29 is 22.9 Å². The van der Waals surface area contributed by atoms with Crippen LogP contribution in [0.15, 0.2) is 83.8 Å². The summed E-state index contributed by atoms with van der Waals surface area (Å²) in [6.45, 7) is 6.79. The minimum absolute atomic E-state index is 0.0474. The summed E-state index contributed by atoms with van der Waals surface area (Å²) in [5, 5.41) is 14.1. The van der Waals surface area contributed by atoms with Crippen LogP contribution in [0.3, 0.4) is 0 Å². The first-order valence-corrected chi connectivity index (χ1v) is 14.4. The molecular formula is C29H34N4O6S. The van der Waals surface area contributed by atoms with Crippen molar-refractivity contribution in [3.63, 3.8) is 0 Å². The van der Waals surface area contributed by atoms with Gasteiger partial charge in [0.15, 0.2) is 0 Å². The maximum atomic E-state index is 13.9. The second-order valence-corrected chi connectivity index (χ2v) is 11.5. The minimum atomic E-state index is -4.25. The van der Waals surface area contributed by atoms with Gasteiger partial charge >= 0.3 is 0 Å². The Labute approximate surface area is 234 Å². The highest BCUT2D eigenvalue weighted by atomic mass is 32.2. The average Bonchev–Trinajstić information content (AvgIpc) is 2.95. The first kappa shape index (κ1) is 30.3. The van der Waals surface area contributed by atoms with Crippen LogP contribution in [-0.4, -0.2) is 48.7 Å². The molecule has 0 radical (unpaired) electrons. The standard InChI is InChI=1S/C29H34N4O6S/c1-5-22(3)30-29(35)23(4)31(19-24-13-11-21(2)12-14-24)28(34)20-32(25-15-17-26(18-16-25)33(36)37)40(38,39)27-9-7-6-8-10-27/h6-18,22-23H,5,19-20H2,1-4H3,(H,30,35)/t22-,23+/m0/s1. The highest BCUT2D eigenvalue weighted by Gasteiger charge is 2.33. The number of nitro benzene ring substituents is 1. The summed E-state index contributed by atoms with van der Waals surface area (Å²) in [6.07, 6.45) is 0.702. The predicted molar refractivity (Wildman–Crippen MR) is 153 cm³/mol. The Balaban J connectivity index is 2.02. The van der Waals surface area contributed by atoms with E-state index >= 15 is 0 Å². The molecule has 10 nitrogen and oxygen atoms in total. The van der Waals surface area contributed by atoms with Crippen molar-refractivity contribution >= 4 is 33.2 Å². The number of aryl methyl sites for hydroxylation is 1. The summed E-state index contributed by atoms with van der Waals surface area (Å²) >= 11 is 0. The molecule has 0 spiro atoms. The van der Waals surface area contributed by atoms with E-state index in [2.05, 4.69) is 5.32 Å². The van der Waals surface area contributed by atoms with E-state index in [9.17, 15) is 28.1 Å². The normalized spacial score (nSPS) is 12.7. The molecule has 0 aromatic heterocycles. The van der Waals surface area contributed by atoms with Gasteiger partial charge in [0.05, 0.1) is 15.5 Å². The van der Waals surface area contributed by atoms with E-state index in [0.29, 0.717) is 6.42 Å². The second kappa shape index (κ2) is 13.2. The molecule has 0 bridgehead atoms. The highest BCUT2D eigenvalue weighted by molar-refractivity contribution is 7.92. The van der Waals surface area contributed by atoms with Gasteiger partial charge < -0.3 is 10.2 Å². The summed E-state index contributed by atoms with van der Waals surface area (Å²) in [7, 11) is -4.25. The molecule has 0 heterocycles. The molecule has 1 N–H and O–H groups in total. The quantitative estimate of drug-likeness (QED) is 0.255. The maximum Gasteiger partial charge on any atom is 0.269 e. The SMILES string of the molecule is CC[C@H](C)NC(=O)[C@@H](C)N(Cc1ccc(C)cc1)C(=O)CN(c1ccc([N+](=O)[O-])cc1)S(=O)(=O)c1ccccc1. The number of non-ortho nitro benzene ring substituents is 1. The molecule has 0 saturated carbocycles. The van der Waals surface area contributed by atoms with Crippen LogP contribution < -0.4 is 9.62 Å². The molecule has 3 aromatic rings. The first-order chi connectivity index (χ1) is 18.9. The van der Waals surface area contributed by atoms with Crippen LogP contribution in [0.1, 0.15) is 38.3 Å². The molecule has 0 aliphatic carbocycles. The molecule has 0 unspecified atom stereocenters. The lowest BCUT2D eigenvalue weighted by Crippen LogP contribution is -2.52. The summed E-state index contributed by atoms with van der Waals surface area (Å²) in [6, 6.07) is 19.0. The van der Waals surface area contributed by atoms with Gasteiger partial charge in [0.2, 0.25) is 11.8 Å². The minimum Gasteiger partial charge on any atom is -0.352 e. The van der Waals surface area contributed by atoms with Gasteiger partial charge in [0, 0.05) is 24.7 Å². The average molecular weight is 567 g/mol. The van der Waals surface area contributed by atoms with Crippen molar-refractivity contribution in [1.82, 2.24) is 10.2 Å². The largest absolute Gasteiger partial charge is 0.352 e. The van der Waals surface area contributed by atoms with Crippen LogP contribution in [0.5, 0.6) is 0 Å². The van der Waals surface area contributed by atoms with Crippen molar-refractivity contribution in [3.05, 3.63) is 100 Å². The van der Waals surface area contributed by atoms with Crippen LogP contribution in [0, 0.1) is 17.0 Å². The summed E-state index contributed by atoms with van der Waals surface area (Å²) < 4.78 is 28.4. The molecular weight excluding hydrogens is 532 g/mol. The van der Waals surface area contributed by atoms with Gasteiger partial charge in [-0.3, -0.25) is 24.0 Å². The number of benzene rings is 3. The number of carbonyl (C=O) groups is 2. The molecule has 212 valence electrons. The van der Waals surface area contributed by atoms with Crippen LogP contribution in [0.2, 0.25) is 0 Å². The van der Waals surface area contributed by atoms with E-state index in [1.165, 1.54) is 41.3 Å². The zero-order valence-corrected chi connectivity index (χ0v) is 23.8.